The number of halogens is 4. The Balaban J connectivity index is 1.76. The lowest BCUT2D eigenvalue weighted by Crippen LogP contribution is -2.17. The van der Waals surface area contributed by atoms with Gasteiger partial charge in [0.05, 0.1) is 23.4 Å². The van der Waals surface area contributed by atoms with Gasteiger partial charge in [0.15, 0.2) is 11.5 Å². The fraction of sp³-hybridized carbons (Fsp3) is 0.0909. The highest BCUT2D eigenvalue weighted by atomic mass is 35.5. The highest BCUT2D eigenvalue weighted by molar-refractivity contribution is 6.42. The van der Waals surface area contributed by atoms with Crippen molar-refractivity contribution in [1.29, 1.82) is 0 Å². The van der Waals surface area contributed by atoms with E-state index in [1.165, 1.54) is 19.4 Å². The second-order valence-electron chi connectivity index (χ2n) is 6.23. The molecule has 0 bridgehead atoms. The van der Waals surface area contributed by atoms with E-state index in [0.29, 0.717) is 37.7 Å². The largest absolute Gasteiger partial charge is 0.493 e. The molecule has 3 rings (SSSR count). The Hall–Kier alpha value is -2.44. The molecule has 0 aliphatic carbocycles. The van der Waals surface area contributed by atoms with Gasteiger partial charge in [0.1, 0.15) is 6.61 Å². The van der Waals surface area contributed by atoms with Gasteiger partial charge < -0.3 is 9.47 Å². The lowest BCUT2D eigenvalue weighted by Gasteiger charge is -2.14. The molecule has 5 nitrogen and oxygen atoms in total. The Morgan fingerprint density at radius 2 is 1.81 bits per heavy atom. The average molecular weight is 498 g/mol. The minimum absolute atomic E-state index is 0.187. The van der Waals surface area contributed by atoms with Crippen LogP contribution in [0.15, 0.2) is 59.7 Å². The van der Waals surface area contributed by atoms with E-state index >= 15 is 0 Å². The summed E-state index contributed by atoms with van der Waals surface area (Å²) in [5.41, 5.74) is 4.12. The molecule has 0 spiro atoms. The molecule has 160 valence electrons. The molecular formula is C22H16Cl4N2O3. The first-order chi connectivity index (χ1) is 14.9. The Labute approximate surface area is 199 Å². The van der Waals surface area contributed by atoms with Crippen molar-refractivity contribution >= 4 is 58.5 Å². The molecule has 3 aromatic rings. The van der Waals surface area contributed by atoms with Crippen LogP contribution in [0.3, 0.4) is 0 Å². The average Bonchev–Trinajstić information content (AvgIpc) is 2.75. The van der Waals surface area contributed by atoms with Crippen molar-refractivity contribution in [3.63, 3.8) is 0 Å². The van der Waals surface area contributed by atoms with Crippen molar-refractivity contribution in [2.24, 2.45) is 5.10 Å². The molecule has 0 unspecified atom stereocenters. The van der Waals surface area contributed by atoms with Gasteiger partial charge in [0.2, 0.25) is 0 Å². The Morgan fingerprint density at radius 3 is 2.52 bits per heavy atom. The minimum Gasteiger partial charge on any atom is -0.493 e. The summed E-state index contributed by atoms with van der Waals surface area (Å²) in [5.74, 6) is 0.515. The minimum atomic E-state index is -0.437. The molecule has 0 heterocycles. The number of amides is 1. The number of hydrogen-bond acceptors (Lipinski definition) is 4. The molecule has 0 aliphatic heterocycles. The van der Waals surface area contributed by atoms with E-state index in [1.54, 1.807) is 48.5 Å². The van der Waals surface area contributed by atoms with Gasteiger partial charge in [0.25, 0.3) is 5.91 Å². The number of carbonyl (C=O) groups is 1. The molecule has 3 aromatic carbocycles. The van der Waals surface area contributed by atoms with Crippen molar-refractivity contribution in [3.05, 3.63) is 91.4 Å². The summed E-state index contributed by atoms with van der Waals surface area (Å²) >= 11 is 24.0. The molecule has 0 saturated carbocycles. The fourth-order valence-electron chi connectivity index (χ4n) is 2.60. The monoisotopic (exact) mass is 496 g/mol. The van der Waals surface area contributed by atoms with Crippen LogP contribution in [0.1, 0.15) is 21.5 Å². The number of hydrogen-bond donors (Lipinski definition) is 1. The number of hydrazone groups is 1. The van der Waals surface area contributed by atoms with E-state index < -0.39 is 5.91 Å². The standard InChI is InChI=1S/C22H16Cl4N2O3/c1-30-20-4-2-3-14(21(20)31-12-15-5-7-16(23)10-18(15)25)11-27-28-22(29)13-6-8-17(24)19(26)9-13/h2-11H,12H2,1H3,(H,28,29)/b27-11-. The van der Waals surface area contributed by atoms with Crippen LogP contribution < -0.4 is 14.9 Å². The van der Waals surface area contributed by atoms with E-state index in [1.807, 2.05) is 0 Å². The lowest BCUT2D eigenvalue weighted by atomic mass is 10.2. The van der Waals surface area contributed by atoms with Gasteiger partial charge in [-0.3, -0.25) is 4.79 Å². The highest BCUT2D eigenvalue weighted by Crippen LogP contribution is 2.32. The zero-order valence-electron chi connectivity index (χ0n) is 16.2. The number of para-hydroxylation sites is 1. The van der Waals surface area contributed by atoms with Crippen molar-refractivity contribution in [2.75, 3.05) is 7.11 Å². The number of benzene rings is 3. The summed E-state index contributed by atoms with van der Waals surface area (Å²) in [6.07, 6.45) is 1.46. The molecule has 0 fully saturated rings. The van der Waals surface area contributed by atoms with Gasteiger partial charge >= 0.3 is 0 Å². The van der Waals surface area contributed by atoms with Crippen molar-refractivity contribution < 1.29 is 14.3 Å². The predicted octanol–water partition coefficient (Wildman–Crippen LogP) is 6.65. The van der Waals surface area contributed by atoms with E-state index in [-0.39, 0.29) is 11.6 Å². The summed E-state index contributed by atoms with van der Waals surface area (Å²) in [6.45, 7) is 0.187. The van der Waals surface area contributed by atoms with Crippen LogP contribution in [0.4, 0.5) is 0 Å². The van der Waals surface area contributed by atoms with Gasteiger partial charge in [-0.25, -0.2) is 5.43 Å². The topological polar surface area (TPSA) is 59.9 Å². The van der Waals surface area contributed by atoms with Crippen LogP contribution in [0.2, 0.25) is 20.1 Å². The third-order valence-electron chi connectivity index (χ3n) is 4.17. The number of nitrogens with zero attached hydrogens (tertiary/aromatic N) is 1. The van der Waals surface area contributed by atoms with Crippen LogP contribution >= 0.6 is 46.4 Å². The molecule has 0 radical (unpaired) electrons. The van der Waals surface area contributed by atoms with Gasteiger partial charge in [0, 0.05) is 26.7 Å². The first kappa shape index (κ1) is 23.2. The van der Waals surface area contributed by atoms with Crippen LogP contribution in [-0.4, -0.2) is 19.2 Å². The van der Waals surface area contributed by atoms with E-state index in [2.05, 4.69) is 10.5 Å². The lowest BCUT2D eigenvalue weighted by molar-refractivity contribution is 0.0955. The second kappa shape index (κ2) is 10.7. The van der Waals surface area contributed by atoms with Gasteiger partial charge in [-0.05, 0) is 42.5 Å². The molecule has 1 N–H and O–H groups in total. The van der Waals surface area contributed by atoms with E-state index in [9.17, 15) is 4.79 Å². The summed E-state index contributed by atoms with van der Waals surface area (Å²) in [7, 11) is 1.53. The number of ether oxygens (including phenoxy) is 2. The van der Waals surface area contributed by atoms with Crippen LogP contribution in [-0.2, 0) is 6.61 Å². The summed E-state index contributed by atoms with van der Waals surface area (Å²) in [6, 6.07) is 15.0. The number of rotatable bonds is 7. The van der Waals surface area contributed by atoms with Crippen LogP contribution in [0, 0.1) is 0 Å². The molecule has 0 saturated heterocycles. The number of methoxy groups -OCH3 is 1. The fourth-order valence-corrected chi connectivity index (χ4v) is 3.36. The molecular weight excluding hydrogens is 482 g/mol. The van der Waals surface area contributed by atoms with Crippen molar-refractivity contribution in [2.45, 2.75) is 6.61 Å². The van der Waals surface area contributed by atoms with Crippen LogP contribution in [0.25, 0.3) is 0 Å². The smallest absolute Gasteiger partial charge is 0.271 e. The maximum Gasteiger partial charge on any atom is 0.271 e. The third kappa shape index (κ3) is 6.05. The van der Waals surface area contributed by atoms with E-state index in [0.717, 1.165) is 5.56 Å². The molecule has 31 heavy (non-hydrogen) atoms. The quantitative estimate of drug-likeness (QED) is 0.293. The van der Waals surface area contributed by atoms with Gasteiger partial charge in [-0.2, -0.15) is 5.10 Å². The van der Waals surface area contributed by atoms with Crippen molar-refractivity contribution in [1.82, 2.24) is 5.43 Å². The van der Waals surface area contributed by atoms with Gasteiger partial charge in [-0.1, -0.05) is 58.5 Å². The maximum atomic E-state index is 12.3. The van der Waals surface area contributed by atoms with E-state index in [4.69, 9.17) is 55.9 Å². The summed E-state index contributed by atoms with van der Waals surface area (Å²) in [5, 5.41) is 5.68. The normalized spacial score (nSPS) is 10.9. The summed E-state index contributed by atoms with van der Waals surface area (Å²) in [4.78, 5) is 12.3. The molecule has 0 aliphatic rings. The zero-order valence-corrected chi connectivity index (χ0v) is 19.2. The summed E-state index contributed by atoms with van der Waals surface area (Å²) < 4.78 is 11.3. The van der Waals surface area contributed by atoms with Crippen molar-refractivity contribution in [3.8, 4) is 11.5 Å². The Morgan fingerprint density at radius 1 is 1.00 bits per heavy atom. The third-order valence-corrected chi connectivity index (χ3v) is 5.49. The maximum absolute atomic E-state index is 12.3. The molecule has 0 aromatic heterocycles. The molecule has 9 heteroatoms. The predicted molar refractivity (Wildman–Crippen MR) is 125 cm³/mol. The first-order valence-electron chi connectivity index (χ1n) is 8.91. The molecule has 1 amide bonds. The number of nitrogens with one attached hydrogen (secondary N) is 1. The SMILES string of the molecule is COc1cccc(/C=N\NC(=O)c2ccc(Cl)c(Cl)c2)c1OCc1ccc(Cl)cc1Cl. The van der Waals surface area contributed by atoms with Gasteiger partial charge in [-0.15, -0.1) is 0 Å². The first-order valence-corrected chi connectivity index (χ1v) is 10.4. The zero-order chi connectivity index (χ0) is 22.4. The number of carbonyl (C=O) groups excluding carboxylic acids is 1. The molecule has 0 atom stereocenters. The second-order valence-corrected chi connectivity index (χ2v) is 7.89. The van der Waals surface area contributed by atoms with Crippen LogP contribution in [0.5, 0.6) is 11.5 Å². The Bertz CT molecular complexity index is 1140. The highest BCUT2D eigenvalue weighted by Gasteiger charge is 2.12. The Kier molecular flexibility index (Phi) is 8.04.